The minimum absolute atomic E-state index is 0.0844. The van der Waals surface area contributed by atoms with Crippen LogP contribution in [0.2, 0.25) is 0 Å². The summed E-state index contributed by atoms with van der Waals surface area (Å²) in [6.07, 6.45) is 3.52. The molecule has 0 spiro atoms. The van der Waals surface area contributed by atoms with Gasteiger partial charge >= 0.3 is 6.09 Å². The predicted molar refractivity (Wildman–Crippen MR) is 113 cm³/mol. The van der Waals surface area contributed by atoms with E-state index in [-0.39, 0.29) is 18.0 Å². The van der Waals surface area contributed by atoms with Gasteiger partial charge in [0.15, 0.2) is 0 Å². The molecule has 2 N–H and O–H groups in total. The van der Waals surface area contributed by atoms with Crippen molar-refractivity contribution < 1.29 is 14.3 Å². The number of ether oxygens (including phenoxy) is 1. The van der Waals surface area contributed by atoms with E-state index in [1.807, 2.05) is 44.2 Å². The van der Waals surface area contributed by atoms with Crippen LogP contribution in [0, 0.1) is 6.92 Å². The Balaban J connectivity index is 1.46. The number of anilines is 2. The van der Waals surface area contributed by atoms with Crippen molar-refractivity contribution in [3.63, 3.8) is 0 Å². The van der Waals surface area contributed by atoms with E-state index in [2.05, 4.69) is 15.6 Å². The number of carbonyl (C=O) groups excluding carboxylic acids is 2. The Morgan fingerprint density at radius 2 is 1.93 bits per heavy atom. The molecule has 29 heavy (non-hydrogen) atoms. The Hall–Kier alpha value is -3.09. The van der Waals surface area contributed by atoms with E-state index in [1.54, 1.807) is 17.2 Å². The maximum Gasteiger partial charge on any atom is 0.409 e. The van der Waals surface area contributed by atoms with Crippen molar-refractivity contribution in [3.05, 3.63) is 53.7 Å². The fourth-order valence-electron chi connectivity index (χ4n) is 3.38. The Morgan fingerprint density at radius 1 is 1.17 bits per heavy atom. The number of nitrogens with one attached hydrogen (secondary N) is 2. The first-order valence-corrected chi connectivity index (χ1v) is 10.0. The molecule has 0 bridgehead atoms. The molecule has 1 aliphatic rings. The number of piperidine rings is 1. The van der Waals surface area contributed by atoms with Gasteiger partial charge in [0.2, 0.25) is 5.91 Å². The molecule has 3 rings (SSSR count). The van der Waals surface area contributed by atoms with Crippen LogP contribution in [-0.4, -0.2) is 47.6 Å². The zero-order valence-electron chi connectivity index (χ0n) is 17.0. The van der Waals surface area contributed by atoms with Gasteiger partial charge < -0.3 is 20.3 Å². The van der Waals surface area contributed by atoms with Crippen molar-refractivity contribution in [2.45, 2.75) is 39.2 Å². The fraction of sp³-hybridized carbons (Fsp3) is 0.409. The normalized spacial score (nSPS) is 14.3. The highest BCUT2D eigenvalue weighted by atomic mass is 16.6. The largest absolute Gasteiger partial charge is 0.450 e. The molecule has 1 fully saturated rings. The van der Waals surface area contributed by atoms with Gasteiger partial charge in [-0.15, -0.1) is 0 Å². The number of likely N-dealkylation sites (tertiary alicyclic amines) is 1. The highest BCUT2D eigenvalue weighted by molar-refractivity contribution is 5.91. The van der Waals surface area contributed by atoms with Crippen molar-refractivity contribution in [3.8, 4) is 0 Å². The third kappa shape index (κ3) is 5.94. The number of carbonyl (C=O) groups is 2. The lowest BCUT2D eigenvalue weighted by molar-refractivity contribution is -0.115. The Kier molecular flexibility index (Phi) is 7.05. The maximum atomic E-state index is 12.3. The van der Waals surface area contributed by atoms with Crippen molar-refractivity contribution in [2.75, 3.05) is 30.3 Å². The van der Waals surface area contributed by atoms with Crippen molar-refractivity contribution >= 4 is 23.5 Å². The third-order valence-electron chi connectivity index (χ3n) is 5.03. The van der Waals surface area contributed by atoms with Crippen LogP contribution in [-0.2, 0) is 16.0 Å². The summed E-state index contributed by atoms with van der Waals surface area (Å²) in [5, 5.41) is 6.29. The molecular weight excluding hydrogens is 368 g/mol. The molecule has 1 aromatic carbocycles. The van der Waals surface area contributed by atoms with Gasteiger partial charge in [0.05, 0.1) is 24.9 Å². The summed E-state index contributed by atoms with van der Waals surface area (Å²) < 4.78 is 5.05. The number of pyridine rings is 1. The van der Waals surface area contributed by atoms with Crippen LogP contribution in [0.3, 0.4) is 0 Å². The SMILES string of the molecule is CCOC(=O)N1CCC(Nc2ccc(NC(=O)Cc3ccccc3C)nc2)CC1. The van der Waals surface area contributed by atoms with E-state index >= 15 is 0 Å². The molecule has 0 atom stereocenters. The van der Waals surface area contributed by atoms with Crippen molar-refractivity contribution in [1.29, 1.82) is 0 Å². The molecular formula is C22H28N4O3. The molecule has 1 saturated heterocycles. The van der Waals surface area contributed by atoms with Crippen molar-refractivity contribution in [1.82, 2.24) is 9.88 Å². The van der Waals surface area contributed by atoms with Gasteiger partial charge in [0, 0.05) is 19.1 Å². The highest BCUT2D eigenvalue weighted by Crippen LogP contribution is 2.18. The molecule has 2 amide bonds. The highest BCUT2D eigenvalue weighted by Gasteiger charge is 2.23. The lowest BCUT2D eigenvalue weighted by Gasteiger charge is -2.32. The molecule has 0 saturated carbocycles. The fourth-order valence-corrected chi connectivity index (χ4v) is 3.38. The molecule has 2 heterocycles. The van der Waals surface area contributed by atoms with Crippen LogP contribution in [0.15, 0.2) is 42.6 Å². The molecule has 0 unspecified atom stereocenters. The number of amides is 2. The molecule has 1 aliphatic heterocycles. The number of hydrogen-bond donors (Lipinski definition) is 2. The predicted octanol–water partition coefficient (Wildman–Crippen LogP) is 3.60. The summed E-state index contributed by atoms with van der Waals surface area (Å²) in [6.45, 7) is 5.57. The van der Waals surface area contributed by atoms with E-state index in [4.69, 9.17) is 4.74 Å². The summed E-state index contributed by atoms with van der Waals surface area (Å²) >= 11 is 0. The first kappa shape index (κ1) is 20.6. The van der Waals surface area contributed by atoms with E-state index in [0.29, 0.717) is 31.9 Å². The molecule has 2 aromatic rings. The zero-order valence-corrected chi connectivity index (χ0v) is 17.0. The number of aromatic nitrogens is 1. The smallest absolute Gasteiger partial charge is 0.409 e. The number of benzene rings is 1. The van der Waals surface area contributed by atoms with Crippen LogP contribution in [0.1, 0.15) is 30.9 Å². The summed E-state index contributed by atoms with van der Waals surface area (Å²) in [5.41, 5.74) is 3.01. The lowest BCUT2D eigenvalue weighted by atomic mass is 10.1. The number of rotatable bonds is 6. The quantitative estimate of drug-likeness (QED) is 0.779. The Labute approximate surface area is 171 Å². The van der Waals surface area contributed by atoms with Crippen molar-refractivity contribution in [2.24, 2.45) is 0 Å². The lowest BCUT2D eigenvalue weighted by Crippen LogP contribution is -2.42. The van der Waals surface area contributed by atoms with Crippen LogP contribution < -0.4 is 10.6 Å². The van der Waals surface area contributed by atoms with E-state index < -0.39 is 0 Å². The summed E-state index contributed by atoms with van der Waals surface area (Å²) in [4.78, 5) is 30.1. The first-order chi connectivity index (χ1) is 14.0. The average molecular weight is 396 g/mol. The van der Waals surface area contributed by atoms with Gasteiger partial charge in [-0.05, 0) is 49.9 Å². The second kappa shape index (κ2) is 9.91. The van der Waals surface area contributed by atoms with Gasteiger partial charge in [0.1, 0.15) is 5.82 Å². The van der Waals surface area contributed by atoms with Crippen LogP contribution in [0.5, 0.6) is 0 Å². The summed E-state index contributed by atoms with van der Waals surface area (Å²) in [6, 6.07) is 11.8. The van der Waals surface area contributed by atoms with E-state index in [0.717, 1.165) is 29.7 Å². The minimum Gasteiger partial charge on any atom is -0.450 e. The van der Waals surface area contributed by atoms with Gasteiger partial charge in [-0.3, -0.25) is 4.79 Å². The van der Waals surface area contributed by atoms with Crippen LogP contribution in [0.4, 0.5) is 16.3 Å². The number of nitrogens with zero attached hydrogens (tertiary/aromatic N) is 2. The molecule has 1 aromatic heterocycles. The number of aryl methyl sites for hydroxylation is 1. The maximum absolute atomic E-state index is 12.3. The van der Waals surface area contributed by atoms with Gasteiger partial charge in [0.25, 0.3) is 0 Å². The monoisotopic (exact) mass is 396 g/mol. The second-order valence-corrected chi connectivity index (χ2v) is 7.19. The van der Waals surface area contributed by atoms with Gasteiger partial charge in [-0.1, -0.05) is 24.3 Å². The summed E-state index contributed by atoms with van der Waals surface area (Å²) in [7, 11) is 0. The Bertz CT molecular complexity index is 830. The van der Waals surface area contributed by atoms with Crippen LogP contribution in [0.25, 0.3) is 0 Å². The Morgan fingerprint density at radius 3 is 2.59 bits per heavy atom. The second-order valence-electron chi connectivity index (χ2n) is 7.19. The average Bonchev–Trinajstić information content (AvgIpc) is 2.72. The van der Waals surface area contributed by atoms with Gasteiger partial charge in [-0.25, -0.2) is 9.78 Å². The van der Waals surface area contributed by atoms with Crippen LogP contribution >= 0.6 is 0 Å². The molecule has 154 valence electrons. The summed E-state index contributed by atoms with van der Waals surface area (Å²) in [5.74, 6) is 0.449. The first-order valence-electron chi connectivity index (χ1n) is 10.0. The topological polar surface area (TPSA) is 83.6 Å². The van der Waals surface area contributed by atoms with E-state index in [1.165, 1.54) is 0 Å². The van der Waals surface area contributed by atoms with Gasteiger partial charge in [-0.2, -0.15) is 0 Å². The molecule has 0 aliphatic carbocycles. The molecule has 0 radical (unpaired) electrons. The number of hydrogen-bond acceptors (Lipinski definition) is 5. The standard InChI is InChI=1S/C22H28N4O3/c1-3-29-22(28)26-12-10-18(11-13-26)24-19-8-9-20(23-15-19)25-21(27)14-17-7-5-4-6-16(17)2/h4-9,15,18,24H,3,10-14H2,1-2H3,(H,23,25,27). The third-order valence-corrected chi connectivity index (χ3v) is 5.03. The molecule has 7 nitrogen and oxygen atoms in total. The zero-order chi connectivity index (χ0) is 20.6. The minimum atomic E-state index is -0.238. The molecule has 7 heteroatoms. The van der Waals surface area contributed by atoms with E-state index in [9.17, 15) is 9.59 Å².